The number of hydrogen-bond acceptors (Lipinski definition) is 2. The van der Waals surface area contributed by atoms with Gasteiger partial charge in [0.25, 0.3) is 0 Å². The summed E-state index contributed by atoms with van der Waals surface area (Å²) in [6.45, 7) is 0.110. The second-order valence-corrected chi connectivity index (χ2v) is 7.03. The highest BCUT2D eigenvalue weighted by Crippen LogP contribution is 2.60. The molecule has 3 rings (SSSR count). The van der Waals surface area contributed by atoms with Crippen LogP contribution in [0.3, 0.4) is 0 Å². The zero-order valence-electron chi connectivity index (χ0n) is 13.8. The molecule has 2 amide bonds. The zero-order valence-corrected chi connectivity index (χ0v) is 13.8. The highest BCUT2D eigenvalue weighted by atomic mass is 19.4. The van der Waals surface area contributed by atoms with Crippen LogP contribution in [0.5, 0.6) is 5.75 Å². The number of halogens is 4. The van der Waals surface area contributed by atoms with E-state index in [2.05, 4.69) is 15.4 Å². The van der Waals surface area contributed by atoms with Gasteiger partial charge in [-0.3, -0.25) is 0 Å². The van der Waals surface area contributed by atoms with E-state index in [-0.39, 0.29) is 17.4 Å². The standard InChI is InChI=1S/C17H20F4N2O2/c1-10(22-15(24)23-11-7-16(8-11)4-5-16)13-6-12(2-3-14(13)18)25-9-17(19,20)21/h2-3,6,10-11H,4-5,7-9H2,1H3,(H2,22,23,24). The van der Waals surface area contributed by atoms with Gasteiger partial charge in [0, 0.05) is 11.6 Å². The summed E-state index contributed by atoms with van der Waals surface area (Å²) in [5.41, 5.74) is 0.530. The third-order valence-corrected chi connectivity index (χ3v) is 4.84. The number of ether oxygens (including phenoxy) is 1. The van der Waals surface area contributed by atoms with Crippen molar-refractivity contribution in [2.75, 3.05) is 6.61 Å². The number of urea groups is 1. The molecule has 4 nitrogen and oxygen atoms in total. The Hall–Kier alpha value is -1.99. The van der Waals surface area contributed by atoms with E-state index in [4.69, 9.17) is 0 Å². The Bertz CT molecular complexity index is 651. The Morgan fingerprint density at radius 3 is 2.64 bits per heavy atom. The normalized spacial score (nSPS) is 19.9. The first kappa shape index (κ1) is 17.8. The molecule has 25 heavy (non-hydrogen) atoms. The Labute approximate surface area is 142 Å². The van der Waals surface area contributed by atoms with Crippen molar-refractivity contribution < 1.29 is 27.1 Å². The molecule has 1 aromatic rings. The molecule has 2 aliphatic rings. The first-order valence-electron chi connectivity index (χ1n) is 8.22. The molecule has 0 radical (unpaired) electrons. The fourth-order valence-electron chi connectivity index (χ4n) is 3.28. The predicted molar refractivity (Wildman–Crippen MR) is 82.7 cm³/mol. The van der Waals surface area contributed by atoms with E-state index in [0.717, 1.165) is 25.0 Å². The second kappa shape index (κ2) is 6.38. The van der Waals surface area contributed by atoms with Gasteiger partial charge in [-0.1, -0.05) is 0 Å². The van der Waals surface area contributed by atoms with Gasteiger partial charge >= 0.3 is 12.2 Å². The van der Waals surface area contributed by atoms with Gasteiger partial charge in [0.05, 0.1) is 6.04 Å². The van der Waals surface area contributed by atoms with Gasteiger partial charge in [0.2, 0.25) is 0 Å². The van der Waals surface area contributed by atoms with E-state index < -0.39 is 30.7 Å². The molecule has 1 spiro atoms. The summed E-state index contributed by atoms with van der Waals surface area (Å²) in [5, 5.41) is 5.45. The van der Waals surface area contributed by atoms with Crippen LogP contribution in [0.1, 0.15) is 44.2 Å². The quantitative estimate of drug-likeness (QED) is 0.778. The molecular formula is C17H20F4N2O2. The summed E-state index contributed by atoms with van der Waals surface area (Å²) >= 11 is 0. The van der Waals surface area contributed by atoms with Gasteiger partial charge in [0.15, 0.2) is 6.61 Å². The summed E-state index contributed by atoms with van der Waals surface area (Å²) in [5.74, 6) is -0.717. The van der Waals surface area contributed by atoms with E-state index in [0.29, 0.717) is 5.41 Å². The Morgan fingerprint density at radius 1 is 1.36 bits per heavy atom. The van der Waals surface area contributed by atoms with Crippen molar-refractivity contribution in [3.63, 3.8) is 0 Å². The minimum Gasteiger partial charge on any atom is -0.484 e. The molecule has 0 aromatic heterocycles. The number of carbonyl (C=O) groups is 1. The maximum Gasteiger partial charge on any atom is 0.422 e. The van der Waals surface area contributed by atoms with Crippen LogP contribution in [0, 0.1) is 11.2 Å². The molecule has 2 aliphatic carbocycles. The zero-order chi connectivity index (χ0) is 18.2. The number of nitrogens with one attached hydrogen (secondary N) is 2. The van der Waals surface area contributed by atoms with Gasteiger partial charge in [-0.25, -0.2) is 9.18 Å². The van der Waals surface area contributed by atoms with Crippen LogP contribution >= 0.6 is 0 Å². The molecule has 2 saturated carbocycles. The lowest BCUT2D eigenvalue weighted by Gasteiger charge is -2.36. The van der Waals surface area contributed by atoms with E-state index in [9.17, 15) is 22.4 Å². The molecule has 1 aromatic carbocycles. The van der Waals surface area contributed by atoms with Gasteiger partial charge in [-0.2, -0.15) is 13.2 Å². The van der Waals surface area contributed by atoms with Crippen LogP contribution in [0.15, 0.2) is 18.2 Å². The van der Waals surface area contributed by atoms with Crippen molar-refractivity contribution in [3.8, 4) is 5.75 Å². The molecule has 8 heteroatoms. The maximum absolute atomic E-state index is 13.9. The lowest BCUT2D eigenvalue weighted by Crippen LogP contribution is -2.49. The molecule has 0 bridgehead atoms. The number of hydrogen-bond donors (Lipinski definition) is 2. The van der Waals surface area contributed by atoms with E-state index in [1.54, 1.807) is 6.92 Å². The molecule has 1 atom stereocenters. The molecule has 0 heterocycles. The summed E-state index contributed by atoms with van der Waals surface area (Å²) in [4.78, 5) is 12.0. The largest absolute Gasteiger partial charge is 0.484 e. The monoisotopic (exact) mass is 360 g/mol. The van der Waals surface area contributed by atoms with E-state index in [1.807, 2.05) is 0 Å². The van der Waals surface area contributed by atoms with Crippen molar-refractivity contribution >= 4 is 6.03 Å². The number of carbonyl (C=O) groups excluding carboxylic acids is 1. The lowest BCUT2D eigenvalue weighted by molar-refractivity contribution is -0.153. The summed E-state index contributed by atoms with van der Waals surface area (Å²) in [6.07, 6.45) is -0.0773. The number of rotatable bonds is 5. The van der Waals surface area contributed by atoms with Crippen molar-refractivity contribution in [2.24, 2.45) is 5.41 Å². The number of alkyl halides is 3. The number of benzene rings is 1. The van der Waals surface area contributed by atoms with Crippen molar-refractivity contribution in [1.82, 2.24) is 10.6 Å². The van der Waals surface area contributed by atoms with Gasteiger partial charge in [-0.05, 0) is 56.2 Å². The highest BCUT2D eigenvalue weighted by Gasteiger charge is 2.53. The Morgan fingerprint density at radius 2 is 2.04 bits per heavy atom. The average molecular weight is 360 g/mol. The van der Waals surface area contributed by atoms with Gasteiger partial charge < -0.3 is 15.4 Å². The molecule has 0 saturated heterocycles. The Kier molecular flexibility index (Phi) is 4.55. The summed E-state index contributed by atoms with van der Waals surface area (Å²) in [6, 6.07) is 2.36. The summed E-state index contributed by atoms with van der Waals surface area (Å²) < 4.78 is 55.2. The number of amides is 2. The molecule has 0 aliphatic heterocycles. The predicted octanol–water partition coefficient (Wildman–Crippen LogP) is 4.07. The van der Waals surface area contributed by atoms with Crippen LogP contribution in [-0.4, -0.2) is 24.9 Å². The topological polar surface area (TPSA) is 50.4 Å². The van der Waals surface area contributed by atoms with Crippen molar-refractivity contribution in [3.05, 3.63) is 29.6 Å². The third kappa shape index (κ3) is 4.55. The first-order valence-corrected chi connectivity index (χ1v) is 8.22. The third-order valence-electron chi connectivity index (χ3n) is 4.84. The van der Waals surface area contributed by atoms with Crippen molar-refractivity contribution in [1.29, 1.82) is 0 Å². The van der Waals surface area contributed by atoms with E-state index >= 15 is 0 Å². The maximum atomic E-state index is 13.9. The average Bonchev–Trinajstić information content (AvgIpc) is 3.25. The first-order chi connectivity index (χ1) is 11.7. The van der Waals surface area contributed by atoms with Crippen LogP contribution in [0.2, 0.25) is 0 Å². The van der Waals surface area contributed by atoms with Crippen LogP contribution in [0.4, 0.5) is 22.4 Å². The fraction of sp³-hybridized carbons (Fsp3) is 0.588. The second-order valence-electron chi connectivity index (χ2n) is 7.03. The minimum atomic E-state index is -4.47. The molecule has 1 unspecified atom stereocenters. The van der Waals surface area contributed by atoms with Crippen LogP contribution in [-0.2, 0) is 0 Å². The SMILES string of the molecule is CC(NC(=O)NC1CC2(CC2)C1)c1cc(OCC(F)(F)F)ccc1F. The van der Waals surface area contributed by atoms with Crippen molar-refractivity contribution in [2.45, 2.75) is 50.9 Å². The van der Waals surface area contributed by atoms with Crippen LogP contribution < -0.4 is 15.4 Å². The molecule has 138 valence electrons. The van der Waals surface area contributed by atoms with Gasteiger partial charge in [-0.15, -0.1) is 0 Å². The van der Waals surface area contributed by atoms with Gasteiger partial charge in [0.1, 0.15) is 11.6 Å². The fourth-order valence-corrected chi connectivity index (χ4v) is 3.28. The molecule has 2 N–H and O–H groups in total. The lowest BCUT2D eigenvalue weighted by atomic mass is 9.77. The molecular weight excluding hydrogens is 340 g/mol. The molecule has 2 fully saturated rings. The summed E-state index contributed by atoms with van der Waals surface area (Å²) in [7, 11) is 0. The minimum absolute atomic E-state index is 0.0714. The smallest absolute Gasteiger partial charge is 0.422 e. The Balaban J connectivity index is 1.54. The van der Waals surface area contributed by atoms with E-state index in [1.165, 1.54) is 18.9 Å². The van der Waals surface area contributed by atoms with Crippen LogP contribution in [0.25, 0.3) is 0 Å². The highest BCUT2D eigenvalue weighted by molar-refractivity contribution is 5.75.